The van der Waals surface area contributed by atoms with Crippen molar-refractivity contribution in [2.45, 2.75) is 32.6 Å². The molecule has 0 bridgehead atoms. The summed E-state index contributed by atoms with van der Waals surface area (Å²) in [7, 11) is 0. The molecule has 2 aliphatic rings. The molecule has 0 aromatic rings. The van der Waals surface area contributed by atoms with Gasteiger partial charge in [0.25, 0.3) is 0 Å². The molecule has 0 spiro atoms. The fourth-order valence-electron chi connectivity index (χ4n) is 2.19. The second-order valence-corrected chi connectivity index (χ2v) is 5.00. The summed E-state index contributed by atoms with van der Waals surface area (Å²) in [6.07, 6.45) is 3.45. The van der Waals surface area contributed by atoms with Crippen molar-refractivity contribution in [3.05, 3.63) is 0 Å². The van der Waals surface area contributed by atoms with Gasteiger partial charge in [0.05, 0.1) is 5.41 Å². The minimum Gasteiger partial charge on any atom is -0.481 e. The molecule has 2 rings (SSSR count). The Morgan fingerprint density at radius 1 is 1.40 bits per heavy atom. The summed E-state index contributed by atoms with van der Waals surface area (Å²) >= 11 is 0. The number of piperidine rings is 1. The van der Waals surface area contributed by atoms with E-state index < -0.39 is 11.4 Å². The third kappa shape index (κ3) is 1.98. The molecule has 1 saturated heterocycles. The summed E-state index contributed by atoms with van der Waals surface area (Å²) in [6.45, 7) is 2.86. The van der Waals surface area contributed by atoms with Crippen molar-refractivity contribution in [1.82, 2.24) is 4.90 Å². The van der Waals surface area contributed by atoms with Crippen LogP contribution in [0.15, 0.2) is 0 Å². The molecule has 1 aliphatic heterocycles. The SMILES string of the molecule is CC1(C(=O)O)CCCN(C(=O)C2CC2)C1. The fourth-order valence-corrected chi connectivity index (χ4v) is 2.19. The quantitative estimate of drug-likeness (QED) is 0.744. The lowest BCUT2D eigenvalue weighted by Crippen LogP contribution is -2.48. The molecule has 0 aromatic heterocycles. The number of carboxylic acids is 1. The standard InChI is InChI=1S/C11H17NO3/c1-11(10(14)15)5-2-6-12(7-11)9(13)8-3-4-8/h8H,2-7H2,1H3,(H,14,15). The van der Waals surface area contributed by atoms with Gasteiger partial charge in [-0.3, -0.25) is 9.59 Å². The highest BCUT2D eigenvalue weighted by Crippen LogP contribution is 2.35. The van der Waals surface area contributed by atoms with E-state index >= 15 is 0 Å². The molecular formula is C11H17NO3. The Balaban J connectivity index is 2.03. The molecule has 84 valence electrons. The highest BCUT2D eigenvalue weighted by molar-refractivity contribution is 5.82. The van der Waals surface area contributed by atoms with E-state index in [0.717, 1.165) is 25.8 Å². The molecule has 1 heterocycles. The largest absolute Gasteiger partial charge is 0.481 e. The molecule has 1 unspecified atom stereocenters. The van der Waals surface area contributed by atoms with Gasteiger partial charge in [0, 0.05) is 19.0 Å². The first-order valence-electron chi connectivity index (χ1n) is 5.55. The van der Waals surface area contributed by atoms with Gasteiger partial charge in [-0.15, -0.1) is 0 Å². The van der Waals surface area contributed by atoms with Crippen molar-refractivity contribution in [2.24, 2.45) is 11.3 Å². The van der Waals surface area contributed by atoms with Crippen molar-refractivity contribution in [3.63, 3.8) is 0 Å². The van der Waals surface area contributed by atoms with Gasteiger partial charge in [-0.1, -0.05) is 0 Å². The van der Waals surface area contributed by atoms with Crippen molar-refractivity contribution in [1.29, 1.82) is 0 Å². The lowest BCUT2D eigenvalue weighted by molar-refractivity contribution is -0.153. The first kappa shape index (κ1) is 10.5. The Bertz CT molecular complexity index is 298. The molecule has 15 heavy (non-hydrogen) atoms. The number of amides is 1. The number of carboxylic acid groups (broad SMARTS) is 1. The van der Waals surface area contributed by atoms with Gasteiger partial charge in [0.15, 0.2) is 0 Å². The fraction of sp³-hybridized carbons (Fsp3) is 0.818. The van der Waals surface area contributed by atoms with E-state index in [2.05, 4.69) is 0 Å². The van der Waals surface area contributed by atoms with Crippen LogP contribution in [-0.2, 0) is 9.59 Å². The maximum atomic E-state index is 11.8. The molecule has 1 amide bonds. The van der Waals surface area contributed by atoms with Crippen LogP contribution in [0.5, 0.6) is 0 Å². The lowest BCUT2D eigenvalue weighted by atomic mass is 9.82. The molecule has 1 saturated carbocycles. The van der Waals surface area contributed by atoms with Gasteiger partial charge in [-0.2, -0.15) is 0 Å². The number of carbonyl (C=O) groups is 2. The zero-order valence-corrected chi connectivity index (χ0v) is 9.03. The Hall–Kier alpha value is -1.06. The van der Waals surface area contributed by atoms with E-state index in [9.17, 15) is 9.59 Å². The lowest BCUT2D eigenvalue weighted by Gasteiger charge is -2.37. The van der Waals surface area contributed by atoms with Gasteiger partial charge in [-0.05, 0) is 32.6 Å². The van der Waals surface area contributed by atoms with Crippen LogP contribution < -0.4 is 0 Å². The van der Waals surface area contributed by atoms with Crippen LogP contribution >= 0.6 is 0 Å². The third-order valence-electron chi connectivity index (χ3n) is 3.45. The molecular weight excluding hydrogens is 194 g/mol. The van der Waals surface area contributed by atoms with Gasteiger partial charge in [-0.25, -0.2) is 0 Å². The van der Waals surface area contributed by atoms with Gasteiger partial charge in [0.1, 0.15) is 0 Å². The second kappa shape index (κ2) is 3.51. The average Bonchev–Trinajstić information content (AvgIpc) is 3.00. The number of rotatable bonds is 2. The summed E-state index contributed by atoms with van der Waals surface area (Å²) in [6, 6.07) is 0. The number of nitrogens with zero attached hydrogens (tertiary/aromatic N) is 1. The minimum atomic E-state index is -0.782. The molecule has 0 radical (unpaired) electrons. The highest BCUT2D eigenvalue weighted by atomic mass is 16.4. The molecule has 1 N–H and O–H groups in total. The van der Waals surface area contributed by atoms with Crippen LogP contribution in [0.4, 0.5) is 0 Å². The van der Waals surface area contributed by atoms with E-state index in [4.69, 9.17) is 5.11 Å². The predicted molar refractivity (Wildman–Crippen MR) is 54.3 cm³/mol. The first-order valence-corrected chi connectivity index (χ1v) is 5.55. The highest BCUT2D eigenvalue weighted by Gasteiger charge is 2.42. The zero-order chi connectivity index (χ0) is 11.1. The Morgan fingerprint density at radius 3 is 2.60 bits per heavy atom. The second-order valence-electron chi connectivity index (χ2n) is 5.00. The van der Waals surface area contributed by atoms with Gasteiger partial charge >= 0.3 is 5.97 Å². The van der Waals surface area contributed by atoms with E-state index in [1.165, 1.54) is 0 Å². The van der Waals surface area contributed by atoms with Crippen molar-refractivity contribution in [3.8, 4) is 0 Å². The Morgan fingerprint density at radius 2 is 2.07 bits per heavy atom. The molecule has 0 aromatic carbocycles. The molecule has 1 atom stereocenters. The summed E-state index contributed by atoms with van der Waals surface area (Å²) in [5.74, 6) is -0.417. The molecule has 1 aliphatic carbocycles. The summed E-state index contributed by atoms with van der Waals surface area (Å²) in [5, 5.41) is 9.11. The smallest absolute Gasteiger partial charge is 0.311 e. The van der Waals surface area contributed by atoms with E-state index in [0.29, 0.717) is 13.0 Å². The third-order valence-corrected chi connectivity index (χ3v) is 3.45. The Kier molecular flexibility index (Phi) is 2.44. The van der Waals surface area contributed by atoms with Crippen LogP contribution in [-0.4, -0.2) is 35.0 Å². The summed E-state index contributed by atoms with van der Waals surface area (Å²) < 4.78 is 0. The summed E-state index contributed by atoms with van der Waals surface area (Å²) in [4.78, 5) is 24.6. The number of hydrogen-bond donors (Lipinski definition) is 1. The van der Waals surface area contributed by atoms with Crippen molar-refractivity contribution in [2.75, 3.05) is 13.1 Å². The van der Waals surface area contributed by atoms with Crippen LogP contribution in [0.3, 0.4) is 0 Å². The van der Waals surface area contributed by atoms with Crippen molar-refractivity contribution >= 4 is 11.9 Å². The number of carbonyl (C=O) groups excluding carboxylic acids is 1. The van der Waals surface area contributed by atoms with Crippen LogP contribution in [0, 0.1) is 11.3 Å². The predicted octanol–water partition coefficient (Wildman–Crippen LogP) is 1.11. The first-order chi connectivity index (χ1) is 7.03. The number of likely N-dealkylation sites (tertiary alicyclic amines) is 1. The number of aliphatic carboxylic acids is 1. The van der Waals surface area contributed by atoms with Crippen LogP contribution in [0.2, 0.25) is 0 Å². The van der Waals surface area contributed by atoms with Crippen LogP contribution in [0.1, 0.15) is 32.6 Å². The van der Waals surface area contributed by atoms with E-state index in [-0.39, 0.29) is 11.8 Å². The molecule has 4 heteroatoms. The maximum Gasteiger partial charge on any atom is 0.311 e. The van der Waals surface area contributed by atoms with Gasteiger partial charge in [0.2, 0.25) is 5.91 Å². The number of hydrogen-bond acceptors (Lipinski definition) is 2. The molecule has 2 fully saturated rings. The van der Waals surface area contributed by atoms with E-state index in [1.807, 2.05) is 0 Å². The van der Waals surface area contributed by atoms with E-state index in [1.54, 1.807) is 11.8 Å². The van der Waals surface area contributed by atoms with Crippen LogP contribution in [0.25, 0.3) is 0 Å². The zero-order valence-electron chi connectivity index (χ0n) is 9.03. The normalized spacial score (nSPS) is 31.4. The molecule has 4 nitrogen and oxygen atoms in total. The Labute approximate surface area is 89.3 Å². The average molecular weight is 211 g/mol. The topological polar surface area (TPSA) is 57.6 Å². The monoisotopic (exact) mass is 211 g/mol. The minimum absolute atomic E-state index is 0.169. The maximum absolute atomic E-state index is 11.8. The summed E-state index contributed by atoms with van der Waals surface area (Å²) in [5.41, 5.74) is -0.733. The van der Waals surface area contributed by atoms with Crippen molar-refractivity contribution < 1.29 is 14.7 Å². The van der Waals surface area contributed by atoms with Gasteiger partial charge < -0.3 is 10.0 Å².